The number of unbranched alkanes of at least 4 members (excludes halogenated alkanes) is 12. The summed E-state index contributed by atoms with van der Waals surface area (Å²) < 4.78 is 65.3. The second kappa shape index (κ2) is 49.0. The van der Waals surface area contributed by atoms with Crippen LogP contribution in [0.2, 0.25) is 0 Å². The lowest BCUT2D eigenvalue weighted by molar-refractivity contribution is -0.144. The highest BCUT2D eigenvalue weighted by Gasteiger charge is 2.01. The quantitative estimate of drug-likeness (QED) is 0.0515. The third-order valence-electron chi connectivity index (χ3n) is 7.87. The van der Waals surface area contributed by atoms with Gasteiger partial charge in [0.2, 0.25) is 0 Å². The van der Waals surface area contributed by atoms with Crippen LogP contribution in [0.4, 0.5) is 0 Å². The Kier molecular flexibility index (Phi) is 48.2. The van der Waals surface area contributed by atoms with E-state index in [0.29, 0.717) is 145 Å². The molecule has 13 nitrogen and oxygen atoms in total. The summed E-state index contributed by atoms with van der Waals surface area (Å²) >= 11 is 0. The van der Waals surface area contributed by atoms with Crippen LogP contribution in [0.1, 0.15) is 104 Å². The molecule has 0 fully saturated rings. The molecule has 0 aromatic carbocycles. The minimum Gasteiger partial charge on any atom is -0.466 e. The van der Waals surface area contributed by atoms with Crippen LogP contribution in [0.3, 0.4) is 0 Å². The molecule has 0 rings (SSSR count). The van der Waals surface area contributed by atoms with Gasteiger partial charge in [-0.1, -0.05) is 84.0 Å². The zero-order chi connectivity index (χ0) is 38.2. The first-order valence-corrected chi connectivity index (χ1v) is 20.8. The molecule has 0 saturated carbocycles. The molecule has 0 N–H and O–H groups in total. The Morgan fingerprint density at radius 2 is 0.509 bits per heavy atom. The third kappa shape index (κ3) is 49.0. The van der Waals surface area contributed by atoms with E-state index in [9.17, 15) is 4.79 Å². The second-order valence-electron chi connectivity index (χ2n) is 12.5. The summed E-state index contributed by atoms with van der Waals surface area (Å²) in [4.78, 5) is 11.2. The van der Waals surface area contributed by atoms with Gasteiger partial charge in [-0.05, 0) is 13.3 Å². The molecule has 0 saturated heterocycles. The van der Waals surface area contributed by atoms with E-state index in [-0.39, 0.29) is 12.4 Å². The normalized spacial score (nSPS) is 11.5. The first-order chi connectivity index (χ1) is 26.3. The lowest BCUT2D eigenvalue weighted by Gasteiger charge is -2.09. The van der Waals surface area contributed by atoms with Crippen LogP contribution in [0.15, 0.2) is 0 Å². The Labute approximate surface area is 322 Å². The SMILES string of the molecule is CCCCCCCCCCCCCCCOCCOCCOCCOCCOCCOCCOCCOCCOCCOCCOCCC(=O)OCC. The van der Waals surface area contributed by atoms with Crippen LogP contribution in [-0.2, 0) is 61.6 Å². The Morgan fingerprint density at radius 3 is 0.774 bits per heavy atom. The summed E-state index contributed by atoms with van der Waals surface area (Å²) in [5.41, 5.74) is 0. The average Bonchev–Trinajstić information content (AvgIpc) is 3.16. The molecular weight excluding hydrogens is 688 g/mol. The van der Waals surface area contributed by atoms with E-state index < -0.39 is 0 Å². The summed E-state index contributed by atoms with van der Waals surface area (Å²) in [6.45, 7) is 16.0. The van der Waals surface area contributed by atoms with Crippen LogP contribution >= 0.6 is 0 Å². The summed E-state index contributed by atoms with van der Waals surface area (Å²) in [6, 6.07) is 0. The minimum absolute atomic E-state index is 0.248. The van der Waals surface area contributed by atoms with Crippen molar-refractivity contribution in [1.82, 2.24) is 0 Å². The van der Waals surface area contributed by atoms with Crippen molar-refractivity contribution in [1.29, 1.82) is 0 Å². The molecule has 0 bridgehead atoms. The predicted molar refractivity (Wildman–Crippen MR) is 206 cm³/mol. The van der Waals surface area contributed by atoms with E-state index in [0.717, 1.165) is 13.0 Å². The fraction of sp³-hybridized carbons (Fsp3) is 0.975. The maximum atomic E-state index is 11.2. The van der Waals surface area contributed by atoms with Crippen LogP contribution < -0.4 is 0 Å². The van der Waals surface area contributed by atoms with Crippen molar-refractivity contribution in [3.63, 3.8) is 0 Å². The van der Waals surface area contributed by atoms with Crippen molar-refractivity contribution in [3.05, 3.63) is 0 Å². The van der Waals surface area contributed by atoms with Gasteiger partial charge < -0.3 is 56.8 Å². The van der Waals surface area contributed by atoms with Gasteiger partial charge in [0, 0.05) is 6.61 Å². The molecule has 318 valence electrons. The van der Waals surface area contributed by atoms with Gasteiger partial charge in [0.15, 0.2) is 0 Å². The van der Waals surface area contributed by atoms with Crippen LogP contribution in [-0.4, -0.2) is 158 Å². The summed E-state index contributed by atoms with van der Waals surface area (Å²) in [5.74, 6) is -0.248. The maximum absolute atomic E-state index is 11.2. The highest BCUT2D eigenvalue weighted by atomic mass is 16.6. The van der Waals surface area contributed by atoms with Crippen molar-refractivity contribution in [2.45, 2.75) is 104 Å². The van der Waals surface area contributed by atoms with Crippen molar-refractivity contribution in [2.75, 3.05) is 152 Å². The van der Waals surface area contributed by atoms with Gasteiger partial charge in [-0.2, -0.15) is 0 Å². The van der Waals surface area contributed by atoms with Crippen LogP contribution in [0.25, 0.3) is 0 Å². The third-order valence-corrected chi connectivity index (χ3v) is 7.87. The number of hydrogen-bond donors (Lipinski definition) is 0. The fourth-order valence-corrected chi connectivity index (χ4v) is 4.91. The standard InChI is InChI=1S/C40H80O13/c1-3-5-6-7-8-9-10-11-12-13-14-15-16-18-42-20-22-44-24-26-46-28-30-48-32-34-50-36-38-52-39-37-51-35-33-49-31-29-47-27-25-45-23-21-43-19-17-40(41)53-4-2/h3-39H2,1-2H3. The molecule has 0 aromatic rings. The molecule has 0 atom stereocenters. The Hall–Kier alpha value is -0.970. The van der Waals surface area contributed by atoms with Crippen LogP contribution in [0.5, 0.6) is 0 Å². The highest BCUT2D eigenvalue weighted by Crippen LogP contribution is 2.12. The van der Waals surface area contributed by atoms with Crippen molar-refractivity contribution in [3.8, 4) is 0 Å². The molecule has 0 aliphatic heterocycles. The van der Waals surface area contributed by atoms with Gasteiger partial charge in [-0.15, -0.1) is 0 Å². The van der Waals surface area contributed by atoms with E-state index in [1.54, 1.807) is 6.92 Å². The molecule has 0 aliphatic carbocycles. The van der Waals surface area contributed by atoms with E-state index >= 15 is 0 Å². The van der Waals surface area contributed by atoms with Gasteiger partial charge in [-0.3, -0.25) is 4.79 Å². The molecule has 13 heteroatoms. The molecule has 0 radical (unpaired) electrons. The van der Waals surface area contributed by atoms with Gasteiger partial charge >= 0.3 is 5.97 Å². The molecule has 0 unspecified atom stereocenters. The molecular formula is C40H80O13. The lowest BCUT2D eigenvalue weighted by Crippen LogP contribution is -2.15. The molecule has 0 amide bonds. The number of rotatable bonds is 48. The Morgan fingerprint density at radius 1 is 0.283 bits per heavy atom. The largest absolute Gasteiger partial charge is 0.466 e. The van der Waals surface area contributed by atoms with Crippen LogP contribution in [0, 0.1) is 0 Å². The summed E-state index contributed by atoms with van der Waals surface area (Å²) in [6.07, 6.45) is 18.0. The van der Waals surface area contributed by atoms with E-state index in [1.165, 1.54) is 77.0 Å². The van der Waals surface area contributed by atoms with E-state index in [2.05, 4.69) is 6.92 Å². The molecule has 0 heterocycles. The summed E-state index contributed by atoms with van der Waals surface area (Å²) in [7, 11) is 0. The monoisotopic (exact) mass is 769 g/mol. The number of esters is 1. The second-order valence-corrected chi connectivity index (χ2v) is 12.5. The zero-order valence-electron chi connectivity index (χ0n) is 34.0. The topological polar surface area (TPSA) is 128 Å². The number of hydrogen-bond acceptors (Lipinski definition) is 13. The van der Waals surface area contributed by atoms with Crippen molar-refractivity contribution >= 4 is 5.97 Å². The van der Waals surface area contributed by atoms with Crippen molar-refractivity contribution < 1.29 is 61.6 Å². The van der Waals surface area contributed by atoms with E-state index in [4.69, 9.17) is 56.8 Å². The fourth-order valence-electron chi connectivity index (χ4n) is 4.91. The zero-order valence-corrected chi connectivity index (χ0v) is 34.0. The number of carbonyl (C=O) groups excluding carboxylic acids is 1. The molecule has 0 aromatic heterocycles. The minimum atomic E-state index is -0.248. The number of ether oxygens (including phenoxy) is 12. The lowest BCUT2D eigenvalue weighted by atomic mass is 10.0. The van der Waals surface area contributed by atoms with Gasteiger partial charge in [0.25, 0.3) is 0 Å². The molecule has 0 spiro atoms. The first kappa shape index (κ1) is 52.0. The molecule has 0 aliphatic rings. The smallest absolute Gasteiger partial charge is 0.308 e. The summed E-state index contributed by atoms with van der Waals surface area (Å²) in [5, 5.41) is 0. The number of carbonyl (C=O) groups is 1. The molecule has 53 heavy (non-hydrogen) atoms. The average molecular weight is 769 g/mol. The highest BCUT2D eigenvalue weighted by molar-refractivity contribution is 5.69. The van der Waals surface area contributed by atoms with Gasteiger partial charge in [0.1, 0.15) is 0 Å². The van der Waals surface area contributed by atoms with Gasteiger partial charge in [-0.25, -0.2) is 0 Å². The maximum Gasteiger partial charge on any atom is 0.308 e. The Bertz CT molecular complexity index is 675. The first-order valence-electron chi connectivity index (χ1n) is 20.8. The van der Waals surface area contributed by atoms with Gasteiger partial charge in [0.05, 0.1) is 152 Å². The van der Waals surface area contributed by atoms with Crippen molar-refractivity contribution in [2.24, 2.45) is 0 Å². The predicted octanol–water partition coefficient (Wildman–Crippen LogP) is 6.21. The van der Waals surface area contributed by atoms with E-state index in [1.807, 2.05) is 0 Å². The Balaban J connectivity index is 3.06.